The lowest BCUT2D eigenvalue weighted by molar-refractivity contribution is 0.0322. The molecule has 0 radical (unpaired) electrons. The van der Waals surface area contributed by atoms with Gasteiger partial charge in [-0.25, -0.2) is 9.97 Å². The number of amides is 1. The Balaban J connectivity index is 2.05. The zero-order valence-corrected chi connectivity index (χ0v) is 11.3. The van der Waals surface area contributed by atoms with E-state index in [0.29, 0.717) is 11.5 Å². The van der Waals surface area contributed by atoms with Gasteiger partial charge in [-0.3, -0.25) is 4.79 Å². The molecule has 0 saturated carbocycles. The largest absolute Gasteiger partial charge is 0.463 e. The molecule has 0 aliphatic carbocycles. The van der Waals surface area contributed by atoms with Crippen LogP contribution < -0.4 is 11.1 Å². The molecule has 0 aliphatic rings. The van der Waals surface area contributed by atoms with Gasteiger partial charge in [-0.1, -0.05) is 0 Å². The van der Waals surface area contributed by atoms with Crippen molar-refractivity contribution in [3.8, 4) is 0 Å². The van der Waals surface area contributed by atoms with E-state index in [2.05, 4.69) is 15.3 Å². The zero-order valence-electron chi connectivity index (χ0n) is 11.3. The number of hydrogen-bond donors (Lipinski definition) is 3. The van der Waals surface area contributed by atoms with Crippen LogP contribution in [-0.4, -0.2) is 27.5 Å². The van der Waals surface area contributed by atoms with Crippen LogP contribution in [0.4, 0.5) is 5.82 Å². The molecule has 0 saturated heterocycles. The van der Waals surface area contributed by atoms with E-state index in [1.807, 2.05) is 0 Å². The van der Waals surface area contributed by atoms with Gasteiger partial charge in [0.1, 0.15) is 17.1 Å². The van der Waals surface area contributed by atoms with E-state index in [4.69, 9.17) is 10.2 Å². The second-order valence-electron chi connectivity index (χ2n) is 4.66. The molecule has 2 heterocycles. The Morgan fingerprint density at radius 1 is 1.45 bits per heavy atom. The molecule has 0 aliphatic heterocycles. The lowest BCUT2D eigenvalue weighted by Crippen LogP contribution is -2.39. The fourth-order valence-corrected chi connectivity index (χ4v) is 1.67. The Labute approximate surface area is 115 Å². The van der Waals surface area contributed by atoms with E-state index in [1.165, 1.54) is 12.4 Å². The molecule has 1 atom stereocenters. The van der Waals surface area contributed by atoms with Crippen LogP contribution in [0.15, 0.2) is 28.9 Å². The Bertz CT molecular complexity index is 622. The Morgan fingerprint density at radius 2 is 2.15 bits per heavy atom. The van der Waals surface area contributed by atoms with Crippen molar-refractivity contribution in [3.63, 3.8) is 0 Å². The molecule has 1 unspecified atom stereocenters. The molecule has 7 heteroatoms. The predicted molar refractivity (Wildman–Crippen MR) is 71.8 cm³/mol. The first-order chi connectivity index (χ1) is 9.40. The second kappa shape index (κ2) is 5.30. The summed E-state index contributed by atoms with van der Waals surface area (Å²) in [4.78, 5) is 19.5. The maximum absolute atomic E-state index is 11.9. The van der Waals surface area contributed by atoms with E-state index in [-0.39, 0.29) is 18.1 Å². The highest BCUT2D eigenvalue weighted by Gasteiger charge is 2.28. The van der Waals surface area contributed by atoms with Gasteiger partial charge in [0.15, 0.2) is 11.5 Å². The summed E-state index contributed by atoms with van der Waals surface area (Å²) >= 11 is 0. The van der Waals surface area contributed by atoms with Crippen LogP contribution in [0, 0.1) is 6.92 Å². The molecule has 7 nitrogen and oxygen atoms in total. The third-order valence-corrected chi connectivity index (χ3v) is 2.81. The summed E-state index contributed by atoms with van der Waals surface area (Å²) < 4.78 is 5.36. The van der Waals surface area contributed by atoms with Crippen LogP contribution in [0.1, 0.15) is 28.9 Å². The van der Waals surface area contributed by atoms with Crippen molar-refractivity contribution in [2.45, 2.75) is 19.4 Å². The van der Waals surface area contributed by atoms with Gasteiger partial charge in [-0.2, -0.15) is 0 Å². The number of nitrogens with zero attached hydrogens (tertiary/aromatic N) is 2. The van der Waals surface area contributed by atoms with Gasteiger partial charge in [-0.05, 0) is 26.0 Å². The zero-order chi connectivity index (χ0) is 14.8. The number of aliphatic hydroxyl groups is 1. The van der Waals surface area contributed by atoms with Crippen molar-refractivity contribution in [2.24, 2.45) is 0 Å². The highest BCUT2D eigenvalue weighted by atomic mass is 16.4. The average molecular weight is 276 g/mol. The second-order valence-corrected chi connectivity index (χ2v) is 4.66. The van der Waals surface area contributed by atoms with Crippen LogP contribution in [0.25, 0.3) is 0 Å². The minimum Gasteiger partial charge on any atom is -0.463 e. The van der Waals surface area contributed by atoms with Gasteiger partial charge < -0.3 is 20.6 Å². The Hall–Kier alpha value is -2.41. The van der Waals surface area contributed by atoms with Gasteiger partial charge in [0.05, 0.1) is 6.54 Å². The summed E-state index contributed by atoms with van der Waals surface area (Å²) in [6, 6.07) is 3.41. The minimum absolute atomic E-state index is 0.0268. The lowest BCUT2D eigenvalue weighted by atomic mass is 10.0. The molecule has 2 rings (SSSR count). The summed E-state index contributed by atoms with van der Waals surface area (Å²) in [5.41, 5.74) is 4.27. The van der Waals surface area contributed by atoms with Crippen LogP contribution in [0.2, 0.25) is 0 Å². The Morgan fingerprint density at radius 3 is 2.75 bits per heavy atom. The monoisotopic (exact) mass is 276 g/mol. The van der Waals surface area contributed by atoms with E-state index < -0.39 is 11.5 Å². The van der Waals surface area contributed by atoms with Crippen LogP contribution >= 0.6 is 0 Å². The number of nitrogens with one attached hydrogen (secondary N) is 1. The number of hydrogen-bond acceptors (Lipinski definition) is 6. The number of aromatic nitrogens is 2. The summed E-state index contributed by atoms with van der Waals surface area (Å²) in [5, 5.41) is 12.8. The number of anilines is 1. The van der Waals surface area contributed by atoms with Crippen LogP contribution in [-0.2, 0) is 5.60 Å². The molecule has 2 aromatic rings. The van der Waals surface area contributed by atoms with Gasteiger partial charge in [-0.15, -0.1) is 0 Å². The highest BCUT2D eigenvalue weighted by molar-refractivity contribution is 5.96. The van der Waals surface area contributed by atoms with E-state index >= 15 is 0 Å². The number of nitrogen functional groups attached to an aromatic ring is 1. The van der Waals surface area contributed by atoms with Crippen molar-refractivity contribution in [1.82, 2.24) is 15.3 Å². The topological polar surface area (TPSA) is 114 Å². The third-order valence-electron chi connectivity index (χ3n) is 2.81. The number of furan rings is 1. The van der Waals surface area contributed by atoms with Crippen LogP contribution in [0.3, 0.4) is 0 Å². The summed E-state index contributed by atoms with van der Waals surface area (Å²) in [6.07, 6.45) is 2.77. The third kappa shape index (κ3) is 2.94. The number of carbonyl (C=O) groups is 1. The van der Waals surface area contributed by atoms with Crippen molar-refractivity contribution < 1.29 is 14.3 Å². The minimum atomic E-state index is -1.32. The average Bonchev–Trinajstić information content (AvgIpc) is 2.84. The van der Waals surface area contributed by atoms with Gasteiger partial charge in [0.2, 0.25) is 0 Å². The van der Waals surface area contributed by atoms with Crippen molar-refractivity contribution in [3.05, 3.63) is 41.7 Å². The maximum atomic E-state index is 11.9. The molecule has 0 bridgehead atoms. The molecule has 4 N–H and O–H groups in total. The smallest absolute Gasteiger partial charge is 0.273 e. The first kappa shape index (κ1) is 14.0. The normalized spacial score (nSPS) is 13.8. The van der Waals surface area contributed by atoms with Gasteiger partial charge in [0.25, 0.3) is 5.91 Å². The molecule has 106 valence electrons. The molecule has 1 amide bonds. The van der Waals surface area contributed by atoms with Gasteiger partial charge in [0, 0.05) is 12.4 Å². The fraction of sp³-hybridized carbons (Fsp3) is 0.308. The quantitative estimate of drug-likeness (QED) is 0.753. The highest BCUT2D eigenvalue weighted by Crippen LogP contribution is 2.22. The molecule has 0 aromatic carbocycles. The lowest BCUT2D eigenvalue weighted by Gasteiger charge is -2.21. The van der Waals surface area contributed by atoms with E-state index in [0.717, 1.165) is 0 Å². The summed E-state index contributed by atoms with van der Waals surface area (Å²) in [5.74, 6) is 0.602. The first-order valence-electron chi connectivity index (χ1n) is 6.04. The molecule has 2 aromatic heterocycles. The molecule has 0 spiro atoms. The summed E-state index contributed by atoms with van der Waals surface area (Å²) in [7, 11) is 0. The SMILES string of the molecule is Cc1ccc(C(C)(O)CNC(=O)c2nccnc2N)o1. The Kier molecular flexibility index (Phi) is 3.71. The van der Waals surface area contributed by atoms with Crippen LogP contribution in [0.5, 0.6) is 0 Å². The molecular formula is C13H16N4O3. The number of aryl methyl sites for hydroxylation is 1. The summed E-state index contributed by atoms with van der Waals surface area (Å²) in [6.45, 7) is 3.29. The van der Waals surface area contributed by atoms with Crippen molar-refractivity contribution >= 4 is 11.7 Å². The molecule has 20 heavy (non-hydrogen) atoms. The predicted octanol–water partition coefficient (Wildman–Crippen LogP) is 0.598. The number of nitrogens with two attached hydrogens (primary N) is 1. The standard InChI is InChI=1S/C13H16N4O3/c1-8-3-4-9(20-8)13(2,19)7-17-12(18)10-11(14)16-6-5-15-10/h3-6,19H,7H2,1-2H3,(H2,14,16)(H,17,18). The molecular weight excluding hydrogens is 260 g/mol. The van der Waals surface area contributed by atoms with Crippen molar-refractivity contribution in [2.75, 3.05) is 12.3 Å². The molecule has 0 fully saturated rings. The van der Waals surface area contributed by atoms with E-state index in [9.17, 15) is 9.90 Å². The fourth-order valence-electron chi connectivity index (χ4n) is 1.67. The maximum Gasteiger partial charge on any atom is 0.273 e. The number of carbonyl (C=O) groups excluding carboxylic acids is 1. The number of rotatable bonds is 4. The van der Waals surface area contributed by atoms with Gasteiger partial charge >= 0.3 is 0 Å². The van der Waals surface area contributed by atoms with E-state index in [1.54, 1.807) is 26.0 Å². The van der Waals surface area contributed by atoms with Crippen molar-refractivity contribution in [1.29, 1.82) is 0 Å². The first-order valence-corrected chi connectivity index (χ1v) is 6.04.